The monoisotopic (exact) mass is 349 g/mol. The summed E-state index contributed by atoms with van der Waals surface area (Å²) in [5.41, 5.74) is 4.58. The van der Waals surface area contributed by atoms with Crippen LogP contribution in [0, 0.1) is 13.8 Å². The summed E-state index contributed by atoms with van der Waals surface area (Å²) in [6.45, 7) is 6.42. The van der Waals surface area contributed by atoms with Crippen molar-refractivity contribution >= 4 is 5.91 Å². The van der Waals surface area contributed by atoms with Crippen LogP contribution < -0.4 is 10.1 Å². The highest BCUT2D eigenvalue weighted by Gasteiger charge is 2.16. The number of amides is 1. The van der Waals surface area contributed by atoms with Crippen molar-refractivity contribution in [3.63, 3.8) is 0 Å². The van der Waals surface area contributed by atoms with Gasteiger partial charge in [0.05, 0.1) is 11.7 Å². The number of para-hydroxylation sites is 1. The quantitative estimate of drug-likeness (QED) is 0.704. The largest absolute Gasteiger partial charge is 0.487 e. The summed E-state index contributed by atoms with van der Waals surface area (Å²) in [6, 6.07) is 17.4. The molecule has 3 aromatic rings. The second kappa shape index (κ2) is 7.87. The average Bonchev–Trinajstić information content (AvgIpc) is 3.10. The Hall–Kier alpha value is -3.08. The van der Waals surface area contributed by atoms with Crippen molar-refractivity contribution in [3.8, 4) is 5.75 Å². The van der Waals surface area contributed by atoms with Gasteiger partial charge in [-0.3, -0.25) is 9.89 Å². The van der Waals surface area contributed by atoms with Gasteiger partial charge in [-0.05, 0) is 50.1 Å². The highest BCUT2D eigenvalue weighted by molar-refractivity contribution is 5.92. The highest BCUT2D eigenvalue weighted by Crippen LogP contribution is 2.19. The van der Waals surface area contributed by atoms with Gasteiger partial charge in [0.2, 0.25) is 0 Å². The smallest absolute Gasteiger partial charge is 0.272 e. The van der Waals surface area contributed by atoms with Crippen LogP contribution >= 0.6 is 0 Å². The third-order valence-corrected chi connectivity index (χ3v) is 4.24. The fourth-order valence-corrected chi connectivity index (χ4v) is 2.89. The van der Waals surface area contributed by atoms with E-state index >= 15 is 0 Å². The van der Waals surface area contributed by atoms with Crippen LogP contribution in [0.15, 0.2) is 54.6 Å². The van der Waals surface area contributed by atoms with Crippen molar-refractivity contribution < 1.29 is 9.53 Å². The molecule has 5 nitrogen and oxygen atoms in total. The van der Waals surface area contributed by atoms with E-state index in [1.54, 1.807) is 6.07 Å². The van der Waals surface area contributed by atoms with E-state index in [4.69, 9.17) is 4.74 Å². The lowest BCUT2D eigenvalue weighted by Gasteiger charge is -2.16. The molecule has 0 fully saturated rings. The summed E-state index contributed by atoms with van der Waals surface area (Å²) < 4.78 is 5.66. The Morgan fingerprint density at radius 3 is 2.65 bits per heavy atom. The predicted octanol–water partition coefficient (Wildman–Crippen LogP) is 4.10. The van der Waals surface area contributed by atoms with Crippen molar-refractivity contribution in [3.05, 3.63) is 82.7 Å². The molecule has 5 heteroatoms. The molecule has 1 aromatic heterocycles. The number of ether oxygens (including phenoxy) is 1. The number of H-pyrrole nitrogens is 1. The van der Waals surface area contributed by atoms with Crippen molar-refractivity contribution in [2.75, 3.05) is 0 Å². The van der Waals surface area contributed by atoms with E-state index in [0.717, 1.165) is 22.6 Å². The molecule has 134 valence electrons. The van der Waals surface area contributed by atoms with Crippen LogP contribution in [0.3, 0.4) is 0 Å². The van der Waals surface area contributed by atoms with Crippen LogP contribution in [-0.4, -0.2) is 16.1 Å². The molecule has 0 spiro atoms. The van der Waals surface area contributed by atoms with Gasteiger partial charge in [-0.1, -0.05) is 42.0 Å². The zero-order chi connectivity index (χ0) is 18.5. The lowest BCUT2D eigenvalue weighted by atomic mass is 10.0. The van der Waals surface area contributed by atoms with Gasteiger partial charge in [0.15, 0.2) is 0 Å². The van der Waals surface area contributed by atoms with Crippen LogP contribution in [-0.2, 0) is 6.61 Å². The first-order valence-corrected chi connectivity index (χ1v) is 8.63. The van der Waals surface area contributed by atoms with Gasteiger partial charge in [-0.25, -0.2) is 0 Å². The third kappa shape index (κ3) is 4.30. The number of rotatable bonds is 6. The Balaban J connectivity index is 1.60. The summed E-state index contributed by atoms with van der Waals surface area (Å²) in [6.07, 6.45) is 0. The lowest BCUT2D eigenvalue weighted by Crippen LogP contribution is -2.27. The standard InChI is InChI=1S/C21H23N3O2/c1-14-9-10-19(15(2)11-14)16(3)22-21(25)20-12-17(23-24-20)13-26-18-7-5-4-6-8-18/h4-12,16H,13H2,1-3H3,(H,22,25)(H,23,24)/t16-/m1/s1. The first kappa shape index (κ1) is 17.7. The molecule has 0 aliphatic rings. The molecule has 3 rings (SSSR count). The molecular weight excluding hydrogens is 326 g/mol. The molecule has 1 heterocycles. The van der Waals surface area contributed by atoms with Gasteiger partial charge >= 0.3 is 0 Å². The molecular formula is C21H23N3O2. The number of hydrogen-bond acceptors (Lipinski definition) is 3. The molecule has 2 aromatic carbocycles. The number of nitrogens with zero attached hydrogens (tertiary/aromatic N) is 1. The minimum Gasteiger partial charge on any atom is -0.487 e. The van der Waals surface area contributed by atoms with Crippen molar-refractivity contribution in [1.82, 2.24) is 15.5 Å². The number of aryl methyl sites for hydroxylation is 2. The summed E-state index contributed by atoms with van der Waals surface area (Å²) in [4.78, 5) is 12.5. The average molecular weight is 349 g/mol. The highest BCUT2D eigenvalue weighted by atomic mass is 16.5. The zero-order valence-electron chi connectivity index (χ0n) is 15.2. The summed E-state index contributed by atoms with van der Waals surface area (Å²) in [7, 11) is 0. The Labute approximate surface area is 153 Å². The molecule has 1 amide bonds. The maximum absolute atomic E-state index is 12.5. The molecule has 2 N–H and O–H groups in total. The molecule has 0 saturated heterocycles. The van der Waals surface area contributed by atoms with E-state index < -0.39 is 0 Å². The molecule has 0 radical (unpaired) electrons. The lowest BCUT2D eigenvalue weighted by molar-refractivity contribution is 0.0934. The first-order valence-electron chi connectivity index (χ1n) is 8.63. The number of carbonyl (C=O) groups is 1. The van der Waals surface area contributed by atoms with Gasteiger partial charge < -0.3 is 10.1 Å². The van der Waals surface area contributed by atoms with Crippen molar-refractivity contribution in [2.24, 2.45) is 0 Å². The molecule has 26 heavy (non-hydrogen) atoms. The predicted molar refractivity (Wildman–Crippen MR) is 101 cm³/mol. The normalized spacial score (nSPS) is 11.8. The van der Waals surface area contributed by atoms with Crippen molar-refractivity contribution in [1.29, 1.82) is 0 Å². The molecule has 0 bridgehead atoms. The topological polar surface area (TPSA) is 67.0 Å². The van der Waals surface area contributed by atoms with Crippen LogP contribution in [0.25, 0.3) is 0 Å². The van der Waals surface area contributed by atoms with Crippen LogP contribution in [0.4, 0.5) is 0 Å². The second-order valence-corrected chi connectivity index (χ2v) is 6.44. The van der Waals surface area contributed by atoms with Crippen LogP contribution in [0.2, 0.25) is 0 Å². The number of hydrogen-bond donors (Lipinski definition) is 2. The van der Waals surface area contributed by atoms with Gasteiger partial charge in [0.1, 0.15) is 18.1 Å². The number of nitrogens with one attached hydrogen (secondary N) is 2. The van der Waals surface area contributed by atoms with E-state index in [-0.39, 0.29) is 11.9 Å². The van der Waals surface area contributed by atoms with E-state index in [9.17, 15) is 4.79 Å². The molecule has 0 aliphatic carbocycles. The number of aromatic nitrogens is 2. The fraction of sp³-hybridized carbons (Fsp3) is 0.238. The Kier molecular flexibility index (Phi) is 5.37. The summed E-state index contributed by atoms with van der Waals surface area (Å²) >= 11 is 0. The Bertz CT molecular complexity index is 887. The maximum atomic E-state index is 12.5. The second-order valence-electron chi connectivity index (χ2n) is 6.44. The van der Waals surface area contributed by atoms with Gasteiger partial charge in [-0.15, -0.1) is 0 Å². The number of aromatic amines is 1. The molecule has 0 saturated carbocycles. The minimum atomic E-state index is -0.209. The number of benzene rings is 2. The summed E-state index contributed by atoms with van der Waals surface area (Å²) in [5, 5.41) is 9.95. The van der Waals surface area contributed by atoms with Gasteiger partial charge in [0, 0.05) is 0 Å². The van der Waals surface area contributed by atoms with E-state index in [1.807, 2.05) is 37.3 Å². The van der Waals surface area contributed by atoms with E-state index in [0.29, 0.717) is 12.3 Å². The van der Waals surface area contributed by atoms with Crippen molar-refractivity contribution in [2.45, 2.75) is 33.4 Å². The fourth-order valence-electron chi connectivity index (χ4n) is 2.89. The van der Waals surface area contributed by atoms with E-state index in [2.05, 4.69) is 47.6 Å². The molecule has 0 aliphatic heterocycles. The zero-order valence-corrected chi connectivity index (χ0v) is 15.2. The third-order valence-electron chi connectivity index (χ3n) is 4.24. The Morgan fingerprint density at radius 2 is 1.92 bits per heavy atom. The summed E-state index contributed by atoms with van der Waals surface area (Å²) in [5.74, 6) is 0.566. The maximum Gasteiger partial charge on any atom is 0.272 e. The molecule has 0 unspecified atom stereocenters. The first-order chi connectivity index (χ1) is 12.5. The van der Waals surface area contributed by atoms with Gasteiger partial charge in [0.25, 0.3) is 5.91 Å². The van der Waals surface area contributed by atoms with Crippen LogP contribution in [0.5, 0.6) is 5.75 Å². The minimum absolute atomic E-state index is 0.0937. The SMILES string of the molecule is Cc1ccc([C@@H](C)NC(=O)c2cc(COc3ccccc3)[nH]n2)c(C)c1. The Morgan fingerprint density at radius 1 is 1.15 bits per heavy atom. The van der Waals surface area contributed by atoms with Gasteiger partial charge in [-0.2, -0.15) is 5.10 Å². The van der Waals surface area contributed by atoms with Crippen LogP contribution in [0.1, 0.15) is 45.8 Å². The number of carbonyl (C=O) groups excluding carboxylic acids is 1. The molecule has 1 atom stereocenters. The van der Waals surface area contributed by atoms with E-state index in [1.165, 1.54) is 5.56 Å².